The van der Waals surface area contributed by atoms with Gasteiger partial charge in [-0.2, -0.15) is 0 Å². The van der Waals surface area contributed by atoms with E-state index in [1.165, 1.54) is 6.07 Å². The van der Waals surface area contributed by atoms with Crippen molar-refractivity contribution in [2.75, 3.05) is 5.73 Å². The fourth-order valence-electron chi connectivity index (χ4n) is 1.90. The van der Waals surface area contributed by atoms with E-state index in [4.69, 9.17) is 5.73 Å². The molecule has 2 rings (SSSR count). The zero-order valence-corrected chi connectivity index (χ0v) is 12.1. The molecule has 2 aromatic rings. The molecular weight excluding hydrogens is 297 g/mol. The Balaban J connectivity index is 2.57. The molecule has 1 heterocycles. The molecule has 2 N–H and O–H groups in total. The predicted octanol–water partition coefficient (Wildman–Crippen LogP) is 3.69. The number of nitrogens with two attached hydrogens (primary N) is 1. The van der Waals surface area contributed by atoms with Crippen molar-refractivity contribution in [3.8, 4) is 11.3 Å². The first-order chi connectivity index (χ1) is 8.41. The lowest BCUT2D eigenvalue weighted by molar-refractivity contribution is 0.621. The second kappa shape index (κ2) is 4.72. The maximum atomic E-state index is 13.2. The maximum Gasteiger partial charge on any atom is 0.137 e. The van der Waals surface area contributed by atoms with Crippen LogP contribution in [0.2, 0.25) is 0 Å². The zero-order valence-electron chi connectivity index (χ0n) is 10.5. The third-order valence-electron chi connectivity index (χ3n) is 2.88. The first kappa shape index (κ1) is 13.1. The van der Waals surface area contributed by atoms with Gasteiger partial charge < -0.3 is 10.3 Å². The second-order valence-corrected chi connectivity index (χ2v) is 5.40. The van der Waals surface area contributed by atoms with Crippen LogP contribution in [0.3, 0.4) is 0 Å². The van der Waals surface area contributed by atoms with Crippen LogP contribution in [0.5, 0.6) is 0 Å². The number of anilines is 1. The van der Waals surface area contributed by atoms with E-state index >= 15 is 0 Å². The minimum Gasteiger partial charge on any atom is -0.383 e. The summed E-state index contributed by atoms with van der Waals surface area (Å²) in [5.41, 5.74) is 7.56. The van der Waals surface area contributed by atoms with Crippen LogP contribution < -0.4 is 5.73 Å². The van der Waals surface area contributed by atoms with Crippen LogP contribution in [0.15, 0.2) is 22.7 Å². The van der Waals surface area contributed by atoms with E-state index in [1.807, 2.05) is 11.6 Å². The van der Waals surface area contributed by atoms with E-state index < -0.39 is 0 Å². The van der Waals surface area contributed by atoms with Crippen molar-refractivity contribution < 1.29 is 4.39 Å². The molecule has 0 amide bonds. The average Bonchev–Trinajstić information content (AvgIpc) is 2.60. The molecule has 1 aromatic carbocycles. The largest absolute Gasteiger partial charge is 0.383 e. The average molecular weight is 312 g/mol. The third-order valence-corrected chi connectivity index (χ3v) is 3.49. The highest BCUT2D eigenvalue weighted by atomic mass is 79.9. The highest BCUT2D eigenvalue weighted by Crippen LogP contribution is 2.30. The Hall–Kier alpha value is -1.36. The van der Waals surface area contributed by atoms with Gasteiger partial charge in [-0.1, -0.05) is 13.8 Å². The number of halogens is 2. The summed E-state index contributed by atoms with van der Waals surface area (Å²) in [6.07, 6.45) is 0. The van der Waals surface area contributed by atoms with Gasteiger partial charge >= 0.3 is 0 Å². The molecular formula is C13H15BrFN3. The molecule has 0 saturated heterocycles. The number of nitrogens with zero attached hydrogens (tertiary/aromatic N) is 2. The molecule has 0 saturated carbocycles. The van der Waals surface area contributed by atoms with E-state index in [0.29, 0.717) is 16.0 Å². The van der Waals surface area contributed by atoms with Gasteiger partial charge in [-0.3, -0.25) is 0 Å². The van der Waals surface area contributed by atoms with Gasteiger partial charge in [0.1, 0.15) is 23.2 Å². The van der Waals surface area contributed by atoms with Gasteiger partial charge in [0.05, 0.1) is 4.47 Å². The van der Waals surface area contributed by atoms with E-state index in [0.717, 1.165) is 11.4 Å². The van der Waals surface area contributed by atoms with Crippen LogP contribution in [0.1, 0.15) is 25.6 Å². The molecule has 0 aliphatic carbocycles. The molecule has 5 heteroatoms. The lowest BCUT2D eigenvalue weighted by atomic mass is 10.1. The van der Waals surface area contributed by atoms with Crippen LogP contribution in [0.4, 0.5) is 10.2 Å². The number of imidazole rings is 1. The first-order valence-electron chi connectivity index (χ1n) is 5.69. The Labute approximate surface area is 114 Å². The summed E-state index contributed by atoms with van der Waals surface area (Å²) in [6, 6.07) is 4.78. The first-order valence-corrected chi connectivity index (χ1v) is 6.48. The SMILES string of the molecule is CC(C)c1nc(-c2ccc(F)c(Br)c2)c(N)n1C. The minimum atomic E-state index is -0.294. The smallest absolute Gasteiger partial charge is 0.137 e. The summed E-state index contributed by atoms with van der Waals surface area (Å²) < 4.78 is 15.5. The number of hydrogen-bond acceptors (Lipinski definition) is 2. The van der Waals surface area contributed by atoms with Crippen molar-refractivity contribution in [2.24, 2.45) is 7.05 Å². The lowest BCUT2D eigenvalue weighted by Gasteiger charge is -2.04. The summed E-state index contributed by atoms with van der Waals surface area (Å²) in [7, 11) is 1.89. The fourth-order valence-corrected chi connectivity index (χ4v) is 2.28. The van der Waals surface area contributed by atoms with E-state index in [9.17, 15) is 4.39 Å². The van der Waals surface area contributed by atoms with Crippen LogP contribution in [0.25, 0.3) is 11.3 Å². The monoisotopic (exact) mass is 311 g/mol. The molecule has 3 nitrogen and oxygen atoms in total. The maximum absolute atomic E-state index is 13.2. The van der Waals surface area contributed by atoms with Gasteiger partial charge in [-0.05, 0) is 34.1 Å². The van der Waals surface area contributed by atoms with E-state index in [1.54, 1.807) is 12.1 Å². The second-order valence-electron chi connectivity index (χ2n) is 4.55. The van der Waals surface area contributed by atoms with Gasteiger partial charge in [0.15, 0.2) is 0 Å². The Morgan fingerprint density at radius 2 is 2.06 bits per heavy atom. The number of rotatable bonds is 2. The standard InChI is InChI=1S/C13H15BrFN3/c1-7(2)13-17-11(12(16)18(13)3)8-4-5-10(15)9(14)6-8/h4-7H,16H2,1-3H3. The molecule has 0 atom stereocenters. The number of benzene rings is 1. The summed E-state index contributed by atoms with van der Waals surface area (Å²) in [4.78, 5) is 4.54. The van der Waals surface area contributed by atoms with Crippen molar-refractivity contribution in [3.05, 3.63) is 34.3 Å². The highest BCUT2D eigenvalue weighted by molar-refractivity contribution is 9.10. The normalized spacial score (nSPS) is 11.2. The molecule has 0 spiro atoms. The van der Waals surface area contributed by atoms with Crippen molar-refractivity contribution in [1.29, 1.82) is 0 Å². The van der Waals surface area contributed by atoms with Crippen molar-refractivity contribution >= 4 is 21.7 Å². The van der Waals surface area contributed by atoms with Gasteiger partial charge in [0, 0.05) is 18.5 Å². The van der Waals surface area contributed by atoms with Crippen LogP contribution in [-0.4, -0.2) is 9.55 Å². The molecule has 0 aliphatic rings. The Morgan fingerprint density at radius 3 is 2.56 bits per heavy atom. The van der Waals surface area contributed by atoms with E-state index in [-0.39, 0.29) is 11.7 Å². The Morgan fingerprint density at radius 1 is 1.39 bits per heavy atom. The zero-order chi connectivity index (χ0) is 13.4. The number of aromatic nitrogens is 2. The van der Waals surface area contributed by atoms with Crippen molar-refractivity contribution in [2.45, 2.75) is 19.8 Å². The third kappa shape index (κ3) is 2.14. The number of nitrogen functional groups attached to an aromatic ring is 1. The quantitative estimate of drug-likeness (QED) is 0.919. The summed E-state index contributed by atoms with van der Waals surface area (Å²) >= 11 is 3.17. The highest BCUT2D eigenvalue weighted by Gasteiger charge is 2.16. The summed E-state index contributed by atoms with van der Waals surface area (Å²) in [5, 5.41) is 0. The van der Waals surface area contributed by atoms with Gasteiger partial charge in [0.25, 0.3) is 0 Å². The van der Waals surface area contributed by atoms with Crippen LogP contribution in [-0.2, 0) is 7.05 Å². The molecule has 0 bridgehead atoms. The van der Waals surface area contributed by atoms with E-state index in [2.05, 4.69) is 34.8 Å². The Kier molecular flexibility index (Phi) is 3.43. The van der Waals surface area contributed by atoms with Gasteiger partial charge in [-0.25, -0.2) is 9.37 Å². The minimum absolute atomic E-state index is 0.287. The predicted molar refractivity (Wildman–Crippen MR) is 74.8 cm³/mol. The molecule has 0 fully saturated rings. The summed E-state index contributed by atoms with van der Waals surface area (Å²) in [6.45, 7) is 4.12. The fraction of sp³-hybridized carbons (Fsp3) is 0.308. The molecule has 0 unspecified atom stereocenters. The topological polar surface area (TPSA) is 43.8 Å². The summed E-state index contributed by atoms with van der Waals surface area (Å²) in [5.74, 6) is 1.51. The molecule has 1 aromatic heterocycles. The molecule has 18 heavy (non-hydrogen) atoms. The van der Waals surface area contributed by atoms with Crippen molar-refractivity contribution in [1.82, 2.24) is 9.55 Å². The van der Waals surface area contributed by atoms with Gasteiger partial charge in [0.2, 0.25) is 0 Å². The Bertz CT molecular complexity index is 590. The van der Waals surface area contributed by atoms with Crippen LogP contribution in [0, 0.1) is 5.82 Å². The molecule has 0 radical (unpaired) electrons. The van der Waals surface area contributed by atoms with Gasteiger partial charge in [-0.15, -0.1) is 0 Å². The number of hydrogen-bond donors (Lipinski definition) is 1. The molecule has 0 aliphatic heterocycles. The lowest BCUT2D eigenvalue weighted by Crippen LogP contribution is -2.02. The van der Waals surface area contributed by atoms with Crippen LogP contribution >= 0.6 is 15.9 Å². The molecule has 96 valence electrons. The van der Waals surface area contributed by atoms with Crippen molar-refractivity contribution in [3.63, 3.8) is 0 Å².